The largest absolute Gasteiger partial charge is 0.474 e. The average Bonchev–Trinajstić information content (AvgIpc) is 3.08. The molecular formula is C19H22F3N3O5S. The molecule has 31 heavy (non-hydrogen) atoms. The van der Waals surface area contributed by atoms with Crippen molar-refractivity contribution in [2.45, 2.75) is 44.2 Å². The van der Waals surface area contributed by atoms with Gasteiger partial charge in [-0.05, 0) is 6.92 Å². The predicted octanol–water partition coefficient (Wildman–Crippen LogP) is 3.35. The molecule has 0 unspecified atom stereocenters. The molecule has 2 aromatic rings. The molecular weight excluding hydrogens is 439 g/mol. The van der Waals surface area contributed by atoms with Crippen molar-refractivity contribution in [3.8, 4) is 5.88 Å². The second kappa shape index (κ2) is 9.27. The first-order chi connectivity index (χ1) is 14.6. The van der Waals surface area contributed by atoms with E-state index in [9.17, 15) is 22.8 Å². The normalized spacial score (nSPS) is 19.4. The Morgan fingerprint density at radius 3 is 2.68 bits per heavy atom. The summed E-state index contributed by atoms with van der Waals surface area (Å²) >= 11 is 0.805. The van der Waals surface area contributed by atoms with E-state index >= 15 is 0 Å². The number of hydrogen-bond acceptors (Lipinski definition) is 7. The second-order valence-corrected chi connectivity index (χ2v) is 8.02. The maximum absolute atomic E-state index is 13.5. The molecule has 2 amide bonds. The first-order valence-electron chi connectivity index (χ1n) is 9.46. The number of carbonyl (C=O) groups is 2. The molecule has 1 aliphatic rings. The Bertz CT molecular complexity index is 959. The summed E-state index contributed by atoms with van der Waals surface area (Å²) in [6.07, 6.45) is -5.28. The van der Waals surface area contributed by atoms with Crippen molar-refractivity contribution in [3.63, 3.8) is 0 Å². The first kappa shape index (κ1) is 23.1. The van der Waals surface area contributed by atoms with Crippen molar-refractivity contribution in [1.29, 1.82) is 0 Å². The van der Waals surface area contributed by atoms with E-state index in [1.165, 1.54) is 19.5 Å². The highest BCUT2D eigenvalue weighted by Crippen LogP contribution is 2.40. The summed E-state index contributed by atoms with van der Waals surface area (Å²) in [6.45, 7) is 1.95. The smallest absolute Gasteiger partial charge is 0.418 e. The van der Waals surface area contributed by atoms with Crippen molar-refractivity contribution in [2.24, 2.45) is 0 Å². The number of ether oxygens (including phenoxy) is 3. The van der Waals surface area contributed by atoms with E-state index in [1.54, 1.807) is 6.92 Å². The van der Waals surface area contributed by atoms with Gasteiger partial charge in [-0.25, -0.2) is 9.78 Å². The maximum Gasteiger partial charge on any atom is 0.418 e. The van der Waals surface area contributed by atoms with Crippen LogP contribution >= 0.6 is 11.3 Å². The van der Waals surface area contributed by atoms with Gasteiger partial charge in [-0.15, -0.1) is 11.3 Å². The predicted molar refractivity (Wildman–Crippen MR) is 106 cm³/mol. The van der Waals surface area contributed by atoms with E-state index in [4.69, 9.17) is 14.2 Å². The van der Waals surface area contributed by atoms with Crippen LogP contribution in [0.1, 0.15) is 35.7 Å². The molecule has 170 valence electrons. The fourth-order valence-corrected chi connectivity index (χ4v) is 4.18. The van der Waals surface area contributed by atoms with E-state index in [2.05, 4.69) is 15.6 Å². The maximum atomic E-state index is 13.5. The highest BCUT2D eigenvalue weighted by Gasteiger charge is 2.37. The molecule has 0 saturated heterocycles. The molecule has 1 aliphatic carbocycles. The molecule has 0 aliphatic heterocycles. The zero-order chi connectivity index (χ0) is 22.8. The number of alkyl halides is 3. The van der Waals surface area contributed by atoms with Crippen LogP contribution in [0.25, 0.3) is 10.2 Å². The number of thiophene rings is 1. The van der Waals surface area contributed by atoms with Gasteiger partial charge in [0.05, 0.1) is 28.0 Å². The summed E-state index contributed by atoms with van der Waals surface area (Å²) < 4.78 is 56.1. The number of hydrogen-bond donors (Lipinski definition) is 2. The zero-order valence-electron chi connectivity index (χ0n) is 17.0. The van der Waals surface area contributed by atoms with Gasteiger partial charge in [0, 0.05) is 44.5 Å². The van der Waals surface area contributed by atoms with Crippen LogP contribution in [0.2, 0.25) is 0 Å². The Labute approximate surface area is 180 Å². The standard InChI is InChI=1S/C19H22F3N3O5S/c1-9(7-28-3)29-18(27)24-10-4-11(5-10)30-14-6-13(19(20,21)22)16-15(25-14)12(8-31-16)17(26)23-2/h6,8-11H,4-5,7H2,1-3H3,(H,23,26)(H,24,27)/t9-,10?,11?/m0/s1. The summed E-state index contributed by atoms with van der Waals surface area (Å²) in [5, 5.41) is 6.40. The third kappa shape index (κ3) is 5.37. The molecule has 8 nitrogen and oxygen atoms in total. The molecule has 0 spiro atoms. The number of pyridine rings is 1. The SMILES string of the molecule is CNC(=O)c1csc2c(C(F)(F)F)cc(OC3CC(NC(=O)O[C@@H](C)COC)C3)nc12. The third-order valence-corrected chi connectivity index (χ3v) is 5.69. The lowest BCUT2D eigenvalue weighted by molar-refractivity contribution is -0.136. The van der Waals surface area contributed by atoms with Crippen molar-refractivity contribution in [2.75, 3.05) is 20.8 Å². The highest BCUT2D eigenvalue weighted by molar-refractivity contribution is 7.17. The minimum Gasteiger partial charge on any atom is -0.474 e. The number of aromatic nitrogens is 1. The molecule has 2 heterocycles. The fraction of sp³-hybridized carbons (Fsp3) is 0.526. The molecule has 3 rings (SSSR count). The van der Waals surface area contributed by atoms with Crippen LogP contribution in [-0.2, 0) is 15.7 Å². The van der Waals surface area contributed by atoms with Crippen LogP contribution in [0.3, 0.4) is 0 Å². The van der Waals surface area contributed by atoms with Gasteiger partial charge in [-0.2, -0.15) is 13.2 Å². The second-order valence-electron chi connectivity index (χ2n) is 7.14. The van der Waals surface area contributed by atoms with Crippen LogP contribution < -0.4 is 15.4 Å². The number of rotatable bonds is 7. The van der Waals surface area contributed by atoms with Crippen LogP contribution in [0.15, 0.2) is 11.4 Å². The van der Waals surface area contributed by atoms with E-state index < -0.39 is 35.9 Å². The highest BCUT2D eigenvalue weighted by atomic mass is 32.1. The summed E-state index contributed by atoms with van der Waals surface area (Å²) in [5.41, 5.74) is -0.907. The van der Waals surface area contributed by atoms with E-state index in [0.717, 1.165) is 17.4 Å². The van der Waals surface area contributed by atoms with Gasteiger partial charge in [-0.1, -0.05) is 0 Å². The van der Waals surface area contributed by atoms with Crippen LogP contribution in [-0.4, -0.2) is 56.0 Å². The Balaban J connectivity index is 1.69. The number of carbonyl (C=O) groups excluding carboxylic acids is 2. The van der Waals surface area contributed by atoms with E-state index in [0.29, 0.717) is 12.8 Å². The Hall–Kier alpha value is -2.60. The van der Waals surface area contributed by atoms with Gasteiger partial charge in [0.15, 0.2) is 0 Å². The number of alkyl carbamates (subject to hydrolysis) is 1. The van der Waals surface area contributed by atoms with Gasteiger partial charge in [0.1, 0.15) is 12.2 Å². The summed E-state index contributed by atoms with van der Waals surface area (Å²) in [4.78, 5) is 27.9. The number of amides is 2. The molecule has 2 N–H and O–H groups in total. The summed E-state index contributed by atoms with van der Waals surface area (Å²) in [7, 11) is 2.88. The van der Waals surface area contributed by atoms with Gasteiger partial charge >= 0.3 is 12.3 Å². The van der Waals surface area contributed by atoms with Crippen LogP contribution in [0.4, 0.5) is 18.0 Å². The van der Waals surface area contributed by atoms with Crippen LogP contribution in [0.5, 0.6) is 5.88 Å². The molecule has 1 fully saturated rings. The van der Waals surface area contributed by atoms with Gasteiger partial charge in [-0.3, -0.25) is 4.79 Å². The lowest BCUT2D eigenvalue weighted by Crippen LogP contribution is -2.49. The number of nitrogens with one attached hydrogen (secondary N) is 2. The third-order valence-electron chi connectivity index (χ3n) is 4.69. The topological polar surface area (TPSA) is 98.8 Å². The van der Waals surface area contributed by atoms with Crippen molar-refractivity contribution in [3.05, 3.63) is 22.6 Å². The molecule has 0 aromatic carbocycles. The Morgan fingerprint density at radius 1 is 1.35 bits per heavy atom. The van der Waals surface area contributed by atoms with Gasteiger partial charge in [0.25, 0.3) is 5.91 Å². The number of halogens is 3. The molecule has 12 heteroatoms. The molecule has 1 atom stereocenters. The molecule has 0 radical (unpaired) electrons. The monoisotopic (exact) mass is 461 g/mol. The Morgan fingerprint density at radius 2 is 2.06 bits per heavy atom. The minimum absolute atomic E-state index is 0.0551. The summed E-state index contributed by atoms with van der Waals surface area (Å²) in [5.74, 6) is -0.749. The first-order valence-corrected chi connectivity index (χ1v) is 10.3. The lowest BCUT2D eigenvalue weighted by Gasteiger charge is -2.35. The Kier molecular flexibility index (Phi) is 6.90. The fourth-order valence-electron chi connectivity index (χ4n) is 3.15. The van der Waals surface area contributed by atoms with Crippen molar-refractivity contribution in [1.82, 2.24) is 15.6 Å². The quantitative estimate of drug-likeness (QED) is 0.656. The van der Waals surface area contributed by atoms with Crippen molar-refractivity contribution >= 4 is 33.6 Å². The van der Waals surface area contributed by atoms with E-state index in [1.807, 2.05) is 0 Å². The van der Waals surface area contributed by atoms with Gasteiger partial charge in [0.2, 0.25) is 5.88 Å². The van der Waals surface area contributed by atoms with E-state index in [-0.39, 0.29) is 34.3 Å². The zero-order valence-corrected chi connectivity index (χ0v) is 17.9. The molecule has 1 saturated carbocycles. The van der Waals surface area contributed by atoms with Crippen molar-refractivity contribution < 1.29 is 37.0 Å². The number of fused-ring (bicyclic) bond motifs is 1. The minimum atomic E-state index is -4.63. The lowest BCUT2D eigenvalue weighted by atomic mass is 9.89. The van der Waals surface area contributed by atoms with Crippen LogP contribution in [0, 0.1) is 0 Å². The molecule has 0 bridgehead atoms. The average molecular weight is 461 g/mol. The number of nitrogens with zero attached hydrogens (tertiary/aromatic N) is 1. The summed E-state index contributed by atoms with van der Waals surface area (Å²) in [6, 6.07) is 0.620. The molecule has 2 aromatic heterocycles. The van der Waals surface area contributed by atoms with Gasteiger partial charge < -0.3 is 24.8 Å². The number of methoxy groups -OCH3 is 1.